The zero-order chi connectivity index (χ0) is 28.9. The molecule has 7 nitrogen and oxygen atoms in total. The molecule has 2 heterocycles. The molecule has 3 aromatic carbocycles. The van der Waals surface area contributed by atoms with E-state index in [1.807, 2.05) is 60.7 Å². The molecule has 41 heavy (non-hydrogen) atoms. The predicted octanol–water partition coefficient (Wildman–Crippen LogP) is 5.27. The number of thiazole rings is 1. The summed E-state index contributed by atoms with van der Waals surface area (Å²) in [5.41, 5.74) is 2.68. The Bertz CT molecular complexity index is 1810. The van der Waals surface area contributed by atoms with Crippen LogP contribution in [0.1, 0.15) is 29.7 Å². The number of nitrogens with zero attached hydrogens (tertiary/aromatic N) is 2. The van der Waals surface area contributed by atoms with Gasteiger partial charge >= 0.3 is 5.97 Å². The second kappa shape index (κ2) is 12.5. The highest BCUT2D eigenvalue weighted by Gasteiger charge is 2.35. The lowest BCUT2D eigenvalue weighted by Crippen LogP contribution is -2.40. The lowest BCUT2D eigenvalue weighted by molar-refractivity contribution is -0.138. The molecule has 0 radical (unpaired) electrons. The minimum atomic E-state index is -0.771. The number of esters is 1. The summed E-state index contributed by atoms with van der Waals surface area (Å²) < 4.78 is 19.6. The Morgan fingerprint density at radius 3 is 2.56 bits per heavy atom. The zero-order valence-electron chi connectivity index (χ0n) is 22.5. The quantitative estimate of drug-likeness (QED) is 0.186. The average Bonchev–Trinajstić information content (AvgIpc) is 3.30. The third-order valence-corrected chi connectivity index (χ3v) is 7.90. The van der Waals surface area contributed by atoms with Crippen LogP contribution in [-0.2, 0) is 9.53 Å². The molecule has 0 spiro atoms. The number of benzene rings is 3. The maximum atomic E-state index is 14.1. The molecular formula is C32H27BrN2O5S. The summed E-state index contributed by atoms with van der Waals surface area (Å²) >= 11 is 4.77. The molecule has 1 aliphatic heterocycles. The number of fused-ring (bicyclic) bond motifs is 1. The largest absolute Gasteiger partial charge is 0.497 e. The van der Waals surface area contributed by atoms with Crippen LogP contribution < -0.4 is 24.4 Å². The molecule has 0 aliphatic carbocycles. The van der Waals surface area contributed by atoms with Gasteiger partial charge in [-0.1, -0.05) is 82.4 Å². The number of ether oxygens (including phenoxy) is 3. The minimum absolute atomic E-state index is 0.181. The van der Waals surface area contributed by atoms with E-state index >= 15 is 0 Å². The Morgan fingerprint density at radius 1 is 1.12 bits per heavy atom. The van der Waals surface area contributed by atoms with Crippen molar-refractivity contribution in [2.75, 3.05) is 20.3 Å². The Balaban J connectivity index is 1.80. The van der Waals surface area contributed by atoms with Crippen molar-refractivity contribution in [2.24, 2.45) is 4.99 Å². The second-order valence-electron chi connectivity index (χ2n) is 8.99. The maximum Gasteiger partial charge on any atom is 0.338 e. The molecule has 208 valence electrons. The van der Waals surface area contributed by atoms with Crippen LogP contribution in [0.25, 0.3) is 11.8 Å². The molecule has 0 bridgehead atoms. The highest BCUT2D eigenvalue weighted by molar-refractivity contribution is 9.10. The predicted molar refractivity (Wildman–Crippen MR) is 164 cm³/mol. The van der Waals surface area contributed by atoms with Gasteiger partial charge in [-0.25, -0.2) is 9.79 Å². The third-order valence-electron chi connectivity index (χ3n) is 6.42. The van der Waals surface area contributed by atoms with Crippen LogP contribution in [0.5, 0.6) is 11.5 Å². The number of hydrogen-bond donors (Lipinski definition) is 0. The van der Waals surface area contributed by atoms with Gasteiger partial charge in [-0.15, -0.1) is 0 Å². The van der Waals surface area contributed by atoms with E-state index in [1.54, 1.807) is 42.9 Å². The molecular weight excluding hydrogens is 604 g/mol. The van der Waals surface area contributed by atoms with E-state index in [4.69, 9.17) is 19.2 Å². The highest BCUT2D eigenvalue weighted by Crippen LogP contribution is 2.35. The Labute approximate surface area is 249 Å². The van der Waals surface area contributed by atoms with Crippen molar-refractivity contribution in [2.45, 2.75) is 13.0 Å². The molecule has 0 fully saturated rings. The maximum absolute atomic E-state index is 14.1. The lowest BCUT2D eigenvalue weighted by atomic mass is 9.93. The van der Waals surface area contributed by atoms with E-state index < -0.39 is 12.0 Å². The summed E-state index contributed by atoms with van der Waals surface area (Å²) in [5.74, 6) is 0.743. The highest BCUT2D eigenvalue weighted by atomic mass is 79.9. The lowest BCUT2D eigenvalue weighted by Gasteiger charge is -2.26. The van der Waals surface area contributed by atoms with Gasteiger partial charge in [-0.2, -0.15) is 0 Å². The van der Waals surface area contributed by atoms with E-state index in [-0.39, 0.29) is 12.2 Å². The number of carbonyl (C=O) groups is 1. The van der Waals surface area contributed by atoms with Crippen LogP contribution in [0.4, 0.5) is 0 Å². The summed E-state index contributed by atoms with van der Waals surface area (Å²) in [7, 11) is 1.59. The van der Waals surface area contributed by atoms with E-state index in [1.165, 1.54) is 11.3 Å². The smallest absolute Gasteiger partial charge is 0.338 e. The van der Waals surface area contributed by atoms with Crippen molar-refractivity contribution in [3.05, 3.63) is 132 Å². The number of hydrogen-bond acceptors (Lipinski definition) is 7. The molecule has 0 amide bonds. The Morgan fingerprint density at radius 2 is 1.88 bits per heavy atom. The fraction of sp³-hybridized carbons (Fsp3) is 0.156. The first-order chi connectivity index (χ1) is 19.9. The van der Waals surface area contributed by atoms with E-state index in [0.717, 1.165) is 21.2 Å². The van der Waals surface area contributed by atoms with Gasteiger partial charge in [-0.3, -0.25) is 9.36 Å². The first-order valence-corrected chi connectivity index (χ1v) is 14.5. The van der Waals surface area contributed by atoms with Crippen molar-refractivity contribution in [3.63, 3.8) is 0 Å². The van der Waals surface area contributed by atoms with Gasteiger partial charge in [0, 0.05) is 15.6 Å². The van der Waals surface area contributed by atoms with E-state index in [2.05, 4.69) is 22.5 Å². The van der Waals surface area contributed by atoms with Gasteiger partial charge in [0.25, 0.3) is 5.56 Å². The zero-order valence-corrected chi connectivity index (χ0v) is 24.9. The number of carbonyl (C=O) groups excluding carboxylic acids is 1. The summed E-state index contributed by atoms with van der Waals surface area (Å²) in [4.78, 5) is 33.0. The molecule has 0 saturated heterocycles. The summed E-state index contributed by atoms with van der Waals surface area (Å²) in [6, 6.07) is 21.6. The monoisotopic (exact) mass is 630 g/mol. The van der Waals surface area contributed by atoms with Crippen molar-refractivity contribution >= 4 is 45.0 Å². The molecule has 4 aromatic rings. The molecule has 1 aromatic heterocycles. The van der Waals surface area contributed by atoms with Crippen LogP contribution in [0.15, 0.2) is 105 Å². The Hall–Kier alpha value is -4.21. The van der Waals surface area contributed by atoms with Gasteiger partial charge in [-0.05, 0) is 48.9 Å². The van der Waals surface area contributed by atoms with Gasteiger partial charge < -0.3 is 14.2 Å². The first-order valence-electron chi connectivity index (χ1n) is 12.9. The van der Waals surface area contributed by atoms with Crippen molar-refractivity contribution in [3.8, 4) is 11.5 Å². The van der Waals surface area contributed by atoms with Gasteiger partial charge in [0.15, 0.2) is 4.80 Å². The topological polar surface area (TPSA) is 79.1 Å². The third kappa shape index (κ3) is 5.82. The number of rotatable bonds is 9. The van der Waals surface area contributed by atoms with E-state index in [9.17, 15) is 9.59 Å². The molecule has 1 atom stereocenters. The number of aromatic nitrogens is 1. The van der Waals surface area contributed by atoms with Gasteiger partial charge in [0.1, 0.15) is 18.1 Å². The normalized spacial score (nSPS) is 14.7. The summed E-state index contributed by atoms with van der Waals surface area (Å²) in [6.07, 6.45) is 3.45. The molecule has 1 aliphatic rings. The summed E-state index contributed by atoms with van der Waals surface area (Å²) in [5, 5.41) is 0. The fourth-order valence-electron chi connectivity index (χ4n) is 4.60. The molecule has 0 unspecified atom stereocenters. The van der Waals surface area contributed by atoms with Gasteiger partial charge in [0.05, 0.1) is 35.6 Å². The van der Waals surface area contributed by atoms with Crippen LogP contribution in [0.3, 0.4) is 0 Å². The van der Waals surface area contributed by atoms with Crippen LogP contribution >= 0.6 is 27.3 Å². The second-order valence-corrected chi connectivity index (χ2v) is 10.9. The van der Waals surface area contributed by atoms with Gasteiger partial charge in [0.2, 0.25) is 0 Å². The van der Waals surface area contributed by atoms with Crippen LogP contribution in [-0.4, -0.2) is 30.9 Å². The summed E-state index contributed by atoms with van der Waals surface area (Å²) in [6.45, 7) is 5.98. The minimum Gasteiger partial charge on any atom is -0.497 e. The molecule has 0 N–H and O–H groups in total. The number of halogens is 1. The van der Waals surface area contributed by atoms with Crippen molar-refractivity contribution in [1.29, 1.82) is 0 Å². The SMILES string of the molecule is C=CCOc1ccc(Br)cc1/C=c1\sc2n(c1=O)[C@@H](c1ccc(OC)cc1)C(C(=O)OCC)=C(c1ccccc1)N=2. The molecule has 9 heteroatoms. The molecule has 0 saturated carbocycles. The standard InChI is InChI=1S/C32H27BrN2O5S/c1-4-17-40-25-16-13-23(33)18-22(25)19-26-30(36)35-29(21-11-14-24(38-3)15-12-21)27(31(37)39-5-2)28(34-32(35)41-26)20-9-7-6-8-10-20/h4,6-16,18-19,29H,1,5,17H2,2-3H3/b26-19-/t29-/m0/s1. The van der Waals surface area contributed by atoms with Crippen LogP contribution in [0.2, 0.25) is 0 Å². The van der Waals surface area contributed by atoms with E-state index in [0.29, 0.717) is 38.7 Å². The van der Waals surface area contributed by atoms with Crippen molar-refractivity contribution < 1.29 is 19.0 Å². The fourth-order valence-corrected chi connectivity index (χ4v) is 5.97. The average molecular weight is 632 g/mol. The number of methoxy groups -OCH3 is 1. The molecule has 5 rings (SSSR count). The Kier molecular flexibility index (Phi) is 8.66. The van der Waals surface area contributed by atoms with Crippen molar-refractivity contribution in [1.82, 2.24) is 4.57 Å². The van der Waals surface area contributed by atoms with Crippen LogP contribution in [0, 0.1) is 0 Å². The first kappa shape index (κ1) is 28.3.